The summed E-state index contributed by atoms with van der Waals surface area (Å²) in [7, 11) is 0. The van der Waals surface area contributed by atoms with Crippen LogP contribution in [-0.4, -0.2) is 48.2 Å². The molecule has 2 aliphatic heterocycles. The van der Waals surface area contributed by atoms with E-state index in [1.54, 1.807) is 23.7 Å². The van der Waals surface area contributed by atoms with Gasteiger partial charge in [-0.15, -0.1) is 0 Å². The summed E-state index contributed by atoms with van der Waals surface area (Å²) >= 11 is 0. The Morgan fingerprint density at radius 1 is 1.42 bits per heavy atom. The Balaban J connectivity index is 1.50. The summed E-state index contributed by atoms with van der Waals surface area (Å²) in [6.45, 7) is 3.40. The predicted molar refractivity (Wildman–Crippen MR) is 84.6 cm³/mol. The molecule has 2 fully saturated rings. The molecule has 1 spiro atoms. The lowest BCUT2D eigenvalue weighted by atomic mass is 10.0. The normalized spacial score (nSPS) is 28.0. The summed E-state index contributed by atoms with van der Waals surface area (Å²) < 4.78 is 5.71. The number of hydrogen-bond donors (Lipinski definition) is 3. The maximum absolute atomic E-state index is 12.9. The number of hydrogen-bond acceptors (Lipinski definition) is 5. The van der Waals surface area contributed by atoms with Crippen molar-refractivity contribution in [1.82, 2.24) is 15.7 Å². The van der Waals surface area contributed by atoms with Crippen LogP contribution in [-0.2, 0) is 11.3 Å². The largest absolute Gasteiger partial charge is 0.491 e. The zero-order valence-corrected chi connectivity index (χ0v) is 13.4. The van der Waals surface area contributed by atoms with Gasteiger partial charge >= 0.3 is 0 Å². The maximum atomic E-state index is 12.9. The van der Waals surface area contributed by atoms with E-state index in [1.807, 2.05) is 4.90 Å². The van der Waals surface area contributed by atoms with Gasteiger partial charge in [-0.25, -0.2) is 5.48 Å². The molecule has 2 amide bonds. The minimum atomic E-state index is -0.577. The van der Waals surface area contributed by atoms with Gasteiger partial charge in [0.05, 0.1) is 6.54 Å². The van der Waals surface area contributed by atoms with E-state index in [0.29, 0.717) is 31.0 Å². The molecule has 0 radical (unpaired) electrons. The van der Waals surface area contributed by atoms with Crippen LogP contribution in [0, 0.1) is 11.3 Å². The Morgan fingerprint density at radius 2 is 2.29 bits per heavy atom. The van der Waals surface area contributed by atoms with Crippen molar-refractivity contribution in [2.75, 3.05) is 26.2 Å². The molecule has 1 aromatic carbocycles. The number of carbonyl (C=O) groups is 2. The van der Waals surface area contributed by atoms with E-state index in [2.05, 4.69) is 5.32 Å². The van der Waals surface area contributed by atoms with Crippen LogP contribution in [0.25, 0.3) is 0 Å². The first-order valence-corrected chi connectivity index (χ1v) is 8.33. The molecule has 1 aliphatic carbocycles. The van der Waals surface area contributed by atoms with Crippen molar-refractivity contribution in [2.45, 2.75) is 19.4 Å². The second-order valence-electron chi connectivity index (χ2n) is 6.92. The minimum absolute atomic E-state index is 0.133. The topological polar surface area (TPSA) is 90.9 Å². The fourth-order valence-corrected chi connectivity index (χ4v) is 3.92. The summed E-state index contributed by atoms with van der Waals surface area (Å²) in [6, 6.07) is 5.01. The van der Waals surface area contributed by atoms with Crippen LogP contribution in [0.1, 0.15) is 28.8 Å². The number of nitrogens with one attached hydrogen (secondary N) is 2. The lowest BCUT2D eigenvalue weighted by Gasteiger charge is -2.21. The first-order valence-electron chi connectivity index (χ1n) is 8.33. The number of nitrogens with zero attached hydrogens (tertiary/aromatic N) is 1. The fourth-order valence-electron chi connectivity index (χ4n) is 3.92. The summed E-state index contributed by atoms with van der Waals surface area (Å²) in [5.74, 6) is 0.368. The molecule has 2 heterocycles. The number of amides is 2. The Morgan fingerprint density at radius 3 is 3.04 bits per heavy atom. The maximum Gasteiger partial charge on any atom is 0.274 e. The minimum Gasteiger partial charge on any atom is -0.491 e. The van der Waals surface area contributed by atoms with Crippen molar-refractivity contribution in [3.8, 4) is 5.75 Å². The molecule has 3 aliphatic rings. The molecule has 1 saturated carbocycles. The van der Waals surface area contributed by atoms with Gasteiger partial charge < -0.3 is 15.0 Å². The summed E-state index contributed by atoms with van der Waals surface area (Å²) in [5.41, 5.74) is 3.02. The van der Waals surface area contributed by atoms with E-state index < -0.39 is 5.91 Å². The van der Waals surface area contributed by atoms with Crippen LogP contribution >= 0.6 is 0 Å². The molecular formula is C17H21N3O4. The standard InChI is InChI=1S/C17H21N3O4/c21-15(19-23)11-1-2-12-9-20(5-6-24-14(12)7-11)16(22)13-8-17(13)3-4-18-10-17/h1-2,7,13,18,23H,3-6,8-10H2,(H,19,21). The lowest BCUT2D eigenvalue weighted by molar-refractivity contribution is -0.134. The molecule has 7 nitrogen and oxygen atoms in total. The van der Waals surface area contributed by atoms with Crippen LogP contribution in [0.2, 0.25) is 0 Å². The Labute approximate surface area is 139 Å². The molecule has 0 bridgehead atoms. The number of ether oxygens (including phenoxy) is 1. The van der Waals surface area contributed by atoms with Gasteiger partial charge in [0.15, 0.2) is 0 Å². The second kappa shape index (κ2) is 5.75. The van der Waals surface area contributed by atoms with Crippen molar-refractivity contribution < 1.29 is 19.5 Å². The number of rotatable bonds is 2. The third kappa shape index (κ3) is 2.53. The summed E-state index contributed by atoms with van der Waals surface area (Å²) in [6.07, 6.45) is 2.07. The van der Waals surface area contributed by atoms with Gasteiger partial charge in [-0.05, 0) is 36.9 Å². The molecule has 128 valence electrons. The van der Waals surface area contributed by atoms with Crippen LogP contribution in [0.3, 0.4) is 0 Å². The summed E-state index contributed by atoms with van der Waals surface area (Å²) in [4.78, 5) is 26.2. The first kappa shape index (κ1) is 15.4. The number of hydroxylamine groups is 1. The predicted octanol–water partition coefficient (Wildman–Crippen LogP) is 0.526. The molecule has 3 N–H and O–H groups in total. The fraction of sp³-hybridized carbons (Fsp3) is 0.529. The van der Waals surface area contributed by atoms with Crippen LogP contribution in [0.5, 0.6) is 5.75 Å². The van der Waals surface area contributed by atoms with E-state index >= 15 is 0 Å². The average molecular weight is 331 g/mol. The highest BCUT2D eigenvalue weighted by Crippen LogP contribution is 2.57. The monoisotopic (exact) mass is 331 g/mol. The van der Waals surface area contributed by atoms with Gasteiger partial charge in [0.1, 0.15) is 12.4 Å². The van der Waals surface area contributed by atoms with Gasteiger partial charge in [-0.3, -0.25) is 14.8 Å². The van der Waals surface area contributed by atoms with Crippen molar-refractivity contribution in [3.05, 3.63) is 29.3 Å². The Bertz CT molecular complexity index is 684. The zero-order valence-electron chi connectivity index (χ0n) is 13.4. The van der Waals surface area contributed by atoms with Crippen LogP contribution in [0.15, 0.2) is 18.2 Å². The molecule has 24 heavy (non-hydrogen) atoms. The lowest BCUT2D eigenvalue weighted by Crippen LogP contribution is -2.35. The Kier molecular flexibility index (Phi) is 3.69. The van der Waals surface area contributed by atoms with Crippen molar-refractivity contribution in [1.29, 1.82) is 0 Å². The van der Waals surface area contributed by atoms with E-state index in [1.165, 1.54) is 0 Å². The Hall–Kier alpha value is -2.12. The molecule has 2 unspecified atom stereocenters. The summed E-state index contributed by atoms with van der Waals surface area (Å²) in [5, 5.41) is 12.1. The SMILES string of the molecule is O=C(NO)c1ccc2c(c1)OCCN(C(=O)C1CC13CCNC3)C2. The van der Waals surface area contributed by atoms with E-state index in [4.69, 9.17) is 9.94 Å². The molecule has 1 saturated heterocycles. The van der Waals surface area contributed by atoms with Crippen molar-refractivity contribution in [3.63, 3.8) is 0 Å². The van der Waals surface area contributed by atoms with Gasteiger partial charge in [0.25, 0.3) is 5.91 Å². The number of benzene rings is 1. The quantitative estimate of drug-likeness (QED) is 0.543. The second-order valence-corrected chi connectivity index (χ2v) is 6.92. The highest BCUT2D eigenvalue weighted by Gasteiger charge is 2.59. The molecule has 4 rings (SSSR count). The zero-order chi connectivity index (χ0) is 16.7. The van der Waals surface area contributed by atoms with Crippen molar-refractivity contribution >= 4 is 11.8 Å². The van der Waals surface area contributed by atoms with Crippen LogP contribution < -0.4 is 15.5 Å². The number of carbonyl (C=O) groups excluding carboxylic acids is 2. The van der Waals surface area contributed by atoms with Gasteiger partial charge in [0.2, 0.25) is 5.91 Å². The van der Waals surface area contributed by atoms with Crippen molar-refractivity contribution in [2.24, 2.45) is 11.3 Å². The highest BCUT2D eigenvalue weighted by molar-refractivity contribution is 5.93. The highest BCUT2D eigenvalue weighted by atomic mass is 16.5. The molecule has 2 atom stereocenters. The molecule has 0 aromatic heterocycles. The van der Waals surface area contributed by atoms with E-state index in [9.17, 15) is 9.59 Å². The first-order chi connectivity index (χ1) is 11.6. The third-order valence-corrected chi connectivity index (χ3v) is 5.49. The van der Waals surface area contributed by atoms with Gasteiger partial charge in [-0.1, -0.05) is 6.07 Å². The average Bonchev–Trinajstić information content (AvgIpc) is 3.18. The van der Waals surface area contributed by atoms with E-state index in [0.717, 1.165) is 31.5 Å². The smallest absolute Gasteiger partial charge is 0.274 e. The number of fused-ring (bicyclic) bond motifs is 1. The van der Waals surface area contributed by atoms with E-state index in [-0.39, 0.29) is 17.2 Å². The van der Waals surface area contributed by atoms with Gasteiger partial charge in [-0.2, -0.15) is 0 Å². The molecular weight excluding hydrogens is 310 g/mol. The molecule has 7 heteroatoms. The molecule has 1 aromatic rings. The van der Waals surface area contributed by atoms with Gasteiger partial charge in [0, 0.05) is 30.1 Å². The van der Waals surface area contributed by atoms with Crippen LogP contribution in [0.4, 0.5) is 0 Å². The third-order valence-electron chi connectivity index (χ3n) is 5.49.